The predicted octanol–water partition coefficient (Wildman–Crippen LogP) is 1.58. The molecule has 0 amide bonds. The highest BCUT2D eigenvalue weighted by molar-refractivity contribution is 5.69. The van der Waals surface area contributed by atoms with E-state index in [0.29, 0.717) is 6.42 Å². The maximum Gasteiger partial charge on any atom is 0.306 e. The minimum Gasteiger partial charge on any atom is -0.458 e. The van der Waals surface area contributed by atoms with Crippen molar-refractivity contribution in [1.82, 2.24) is 4.90 Å². The monoisotopic (exact) mass is 241 g/mol. The summed E-state index contributed by atoms with van der Waals surface area (Å²) >= 11 is 0. The smallest absolute Gasteiger partial charge is 0.306 e. The third kappa shape index (κ3) is 3.42. The Morgan fingerprint density at radius 1 is 1.29 bits per heavy atom. The molecule has 0 N–H and O–H groups in total. The molecule has 0 radical (unpaired) electrons. The first-order chi connectivity index (χ1) is 8.24. The zero-order chi connectivity index (χ0) is 12.1. The van der Waals surface area contributed by atoms with E-state index in [0.717, 1.165) is 45.7 Å². The number of carbonyl (C=O) groups is 1. The average molecular weight is 241 g/mol. The van der Waals surface area contributed by atoms with Crippen LogP contribution in [0.2, 0.25) is 0 Å². The fraction of sp³-hybridized carbons (Fsp3) is 0.923. The Morgan fingerprint density at radius 2 is 1.94 bits per heavy atom. The van der Waals surface area contributed by atoms with Crippen LogP contribution < -0.4 is 0 Å². The molecule has 98 valence electrons. The van der Waals surface area contributed by atoms with Crippen molar-refractivity contribution in [3.8, 4) is 0 Å². The van der Waals surface area contributed by atoms with Gasteiger partial charge in [0.25, 0.3) is 0 Å². The summed E-state index contributed by atoms with van der Waals surface area (Å²) in [5.41, 5.74) is -0.204. The van der Waals surface area contributed by atoms with Gasteiger partial charge in [0.05, 0.1) is 13.2 Å². The van der Waals surface area contributed by atoms with Crippen molar-refractivity contribution in [3.05, 3.63) is 0 Å². The van der Waals surface area contributed by atoms with Gasteiger partial charge >= 0.3 is 5.97 Å². The molecule has 2 fully saturated rings. The molecule has 0 bridgehead atoms. The molecule has 1 saturated heterocycles. The maximum atomic E-state index is 11.5. The van der Waals surface area contributed by atoms with Gasteiger partial charge in [-0.2, -0.15) is 0 Å². The Hall–Kier alpha value is -0.610. The first-order valence-corrected chi connectivity index (χ1v) is 6.76. The average Bonchev–Trinajstić information content (AvgIpc) is 2.78. The molecule has 0 unspecified atom stereocenters. The van der Waals surface area contributed by atoms with E-state index >= 15 is 0 Å². The fourth-order valence-electron chi connectivity index (χ4n) is 2.79. The predicted molar refractivity (Wildman–Crippen MR) is 64.8 cm³/mol. The topological polar surface area (TPSA) is 38.8 Å². The van der Waals surface area contributed by atoms with Crippen molar-refractivity contribution >= 4 is 5.97 Å². The van der Waals surface area contributed by atoms with E-state index in [1.807, 2.05) is 6.92 Å². The Morgan fingerprint density at radius 3 is 2.53 bits per heavy atom. The number of hydrogen-bond acceptors (Lipinski definition) is 4. The molecular weight excluding hydrogens is 218 g/mol. The largest absolute Gasteiger partial charge is 0.458 e. The van der Waals surface area contributed by atoms with E-state index in [9.17, 15) is 4.79 Å². The van der Waals surface area contributed by atoms with Crippen LogP contribution in [0.1, 0.15) is 39.0 Å². The number of carbonyl (C=O) groups excluding carboxylic acids is 1. The number of nitrogens with zero attached hydrogens (tertiary/aromatic N) is 1. The van der Waals surface area contributed by atoms with Gasteiger partial charge in [-0.05, 0) is 25.7 Å². The third-order valence-electron chi connectivity index (χ3n) is 3.75. The molecule has 0 atom stereocenters. The molecule has 0 aromatic heterocycles. The van der Waals surface area contributed by atoms with E-state index in [4.69, 9.17) is 9.47 Å². The summed E-state index contributed by atoms with van der Waals surface area (Å²) in [7, 11) is 0. The molecule has 1 heterocycles. The summed E-state index contributed by atoms with van der Waals surface area (Å²) in [6.07, 6.45) is 4.89. The summed E-state index contributed by atoms with van der Waals surface area (Å²) in [6.45, 7) is 6.29. The number of ether oxygens (including phenoxy) is 2. The van der Waals surface area contributed by atoms with Crippen LogP contribution in [0.3, 0.4) is 0 Å². The minimum atomic E-state index is -0.204. The van der Waals surface area contributed by atoms with Gasteiger partial charge in [0.15, 0.2) is 0 Å². The van der Waals surface area contributed by atoms with Crippen LogP contribution in [0.4, 0.5) is 0 Å². The molecule has 17 heavy (non-hydrogen) atoms. The summed E-state index contributed by atoms with van der Waals surface area (Å²) in [5, 5.41) is 0. The fourth-order valence-corrected chi connectivity index (χ4v) is 2.79. The van der Waals surface area contributed by atoms with Gasteiger partial charge in [-0.25, -0.2) is 0 Å². The number of hydrogen-bond donors (Lipinski definition) is 0. The van der Waals surface area contributed by atoms with E-state index in [1.54, 1.807) is 0 Å². The molecular formula is C13H23NO3. The summed E-state index contributed by atoms with van der Waals surface area (Å²) in [5.74, 6) is -0.0554. The lowest BCUT2D eigenvalue weighted by Gasteiger charge is -2.36. The van der Waals surface area contributed by atoms with Crippen LogP contribution in [0.15, 0.2) is 0 Å². The lowest BCUT2D eigenvalue weighted by molar-refractivity contribution is -0.162. The van der Waals surface area contributed by atoms with Gasteiger partial charge in [0.2, 0.25) is 0 Å². The summed E-state index contributed by atoms with van der Waals surface area (Å²) in [4.78, 5) is 13.9. The van der Waals surface area contributed by atoms with E-state index < -0.39 is 0 Å². The van der Waals surface area contributed by atoms with Crippen LogP contribution in [-0.2, 0) is 14.3 Å². The minimum absolute atomic E-state index is 0.0554. The maximum absolute atomic E-state index is 11.5. The summed E-state index contributed by atoms with van der Waals surface area (Å²) in [6, 6.07) is 0. The highest BCUT2D eigenvalue weighted by Gasteiger charge is 2.39. The molecule has 2 aliphatic rings. The lowest BCUT2D eigenvalue weighted by atomic mass is 10.0. The van der Waals surface area contributed by atoms with Crippen LogP contribution in [0, 0.1) is 0 Å². The number of esters is 1. The van der Waals surface area contributed by atoms with E-state index in [1.165, 1.54) is 12.8 Å². The quantitative estimate of drug-likeness (QED) is 0.701. The van der Waals surface area contributed by atoms with Crippen molar-refractivity contribution in [1.29, 1.82) is 0 Å². The molecule has 1 saturated carbocycles. The molecule has 1 aliphatic carbocycles. The second kappa shape index (κ2) is 5.83. The molecule has 4 nitrogen and oxygen atoms in total. The second-order valence-corrected chi connectivity index (χ2v) is 5.11. The van der Waals surface area contributed by atoms with Crippen LogP contribution in [0.25, 0.3) is 0 Å². The number of rotatable bonds is 4. The SMILES string of the molecule is CCC(=O)OC1(CN2CCOCC2)CCCC1. The van der Waals surface area contributed by atoms with Crippen molar-refractivity contribution in [3.63, 3.8) is 0 Å². The standard InChI is InChI=1S/C13H23NO3/c1-2-12(15)17-13(5-3-4-6-13)11-14-7-9-16-10-8-14/h2-11H2,1H3. The van der Waals surface area contributed by atoms with Gasteiger partial charge in [-0.1, -0.05) is 6.92 Å². The Labute approximate surface area is 103 Å². The van der Waals surface area contributed by atoms with Gasteiger partial charge in [0, 0.05) is 26.1 Å². The Kier molecular flexibility index (Phi) is 4.40. The normalized spacial score (nSPS) is 24.8. The highest BCUT2D eigenvalue weighted by Crippen LogP contribution is 2.34. The number of morpholine rings is 1. The molecule has 0 aromatic rings. The van der Waals surface area contributed by atoms with Crippen LogP contribution in [-0.4, -0.2) is 49.3 Å². The van der Waals surface area contributed by atoms with Crippen molar-refractivity contribution < 1.29 is 14.3 Å². The van der Waals surface area contributed by atoms with Crippen molar-refractivity contribution in [2.75, 3.05) is 32.8 Å². The van der Waals surface area contributed by atoms with E-state index in [-0.39, 0.29) is 11.6 Å². The second-order valence-electron chi connectivity index (χ2n) is 5.11. The van der Waals surface area contributed by atoms with E-state index in [2.05, 4.69) is 4.90 Å². The van der Waals surface area contributed by atoms with Gasteiger partial charge in [0.1, 0.15) is 5.60 Å². The first kappa shape index (κ1) is 12.8. The lowest BCUT2D eigenvalue weighted by Crippen LogP contribution is -2.48. The van der Waals surface area contributed by atoms with Crippen molar-refractivity contribution in [2.24, 2.45) is 0 Å². The van der Waals surface area contributed by atoms with Gasteiger partial charge in [-0.3, -0.25) is 9.69 Å². The van der Waals surface area contributed by atoms with Crippen molar-refractivity contribution in [2.45, 2.75) is 44.6 Å². The zero-order valence-electron chi connectivity index (χ0n) is 10.7. The molecule has 1 aliphatic heterocycles. The molecule has 0 spiro atoms. The highest BCUT2D eigenvalue weighted by atomic mass is 16.6. The first-order valence-electron chi connectivity index (χ1n) is 6.76. The Balaban J connectivity index is 1.93. The van der Waals surface area contributed by atoms with Crippen LogP contribution in [0.5, 0.6) is 0 Å². The zero-order valence-corrected chi connectivity index (χ0v) is 10.7. The van der Waals surface area contributed by atoms with Crippen LogP contribution >= 0.6 is 0 Å². The van der Waals surface area contributed by atoms with Gasteiger partial charge in [-0.15, -0.1) is 0 Å². The van der Waals surface area contributed by atoms with Gasteiger partial charge < -0.3 is 9.47 Å². The molecule has 4 heteroatoms. The molecule has 0 aromatic carbocycles. The third-order valence-corrected chi connectivity index (χ3v) is 3.75. The summed E-state index contributed by atoms with van der Waals surface area (Å²) < 4.78 is 11.1. The Bertz CT molecular complexity index is 255. The molecule has 2 rings (SSSR count).